The van der Waals surface area contributed by atoms with Crippen molar-refractivity contribution in [2.45, 2.75) is 19.2 Å². The number of ether oxygens (including phenoxy) is 1. The van der Waals surface area contributed by atoms with Gasteiger partial charge in [0.2, 0.25) is 16.4 Å². The first-order valence-corrected chi connectivity index (χ1v) is 17.2. The summed E-state index contributed by atoms with van der Waals surface area (Å²) in [6, 6.07) is 15.7. The van der Waals surface area contributed by atoms with Gasteiger partial charge in [-0.1, -0.05) is 53.8 Å². The fourth-order valence-corrected chi connectivity index (χ4v) is 7.52. The van der Waals surface area contributed by atoms with Gasteiger partial charge in [0.05, 0.1) is 5.69 Å². The van der Waals surface area contributed by atoms with Crippen LogP contribution in [0.1, 0.15) is 18.4 Å². The average Bonchev–Trinajstić information content (AvgIpc) is 3.59. The Morgan fingerprint density at radius 2 is 1.86 bits per heavy atom. The molecule has 6 rings (SSSR count). The molecule has 224 valence electrons. The van der Waals surface area contributed by atoms with Crippen LogP contribution < -0.4 is 14.2 Å². The first-order valence-electron chi connectivity index (χ1n) is 12.9. The highest BCUT2D eigenvalue weighted by atomic mass is 35.5. The summed E-state index contributed by atoms with van der Waals surface area (Å²) in [7, 11) is -9.29. The minimum absolute atomic E-state index is 0.00548. The third kappa shape index (κ3) is 5.59. The van der Waals surface area contributed by atoms with Crippen molar-refractivity contribution in [2.75, 3.05) is 4.90 Å². The van der Waals surface area contributed by atoms with Crippen molar-refractivity contribution in [3.8, 4) is 5.75 Å². The van der Waals surface area contributed by atoms with Crippen LogP contribution in [0.4, 0.5) is 5.69 Å². The van der Waals surface area contributed by atoms with E-state index in [1.807, 2.05) is 31.2 Å². The Balaban J connectivity index is 1.55. The molecule has 3 heterocycles. The summed E-state index contributed by atoms with van der Waals surface area (Å²) in [4.78, 5) is 1.16. The van der Waals surface area contributed by atoms with Crippen molar-refractivity contribution in [1.82, 2.24) is 0 Å². The van der Waals surface area contributed by atoms with Gasteiger partial charge in [-0.2, -0.15) is 21.4 Å². The highest BCUT2D eigenvalue weighted by Crippen LogP contribution is 2.46. The Morgan fingerprint density at radius 3 is 2.57 bits per heavy atom. The van der Waals surface area contributed by atoms with Crippen LogP contribution in [-0.2, 0) is 26.1 Å². The number of para-hydroxylation sites is 1. The molecule has 0 saturated carbocycles. The molecule has 0 fully saturated rings. The largest absolute Gasteiger partial charge is 0.456 e. The van der Waals surface area contributed by atoms with Crippen LogP contribution in [0.3, 0.4) is 0 Å². The molecule has 0 atom stereocenters. The Hall–Kier alpha value is -4.16. The normalized spacial score (nSPS) is 14.7. The van der Waals surface area contributed by atoms with Crippen molar-refractivity contribution in [3.05, 3.63) is 105 Å². The Kier molecular flexibility index (Phi) is 7.53. The molecular formula is C30H22ClN2O8S3+. The molecule has 0 spiro atoms. The van der Waals surface area contributed by atoms with Crippen molar-refractivity contribution in [2.24, 2.45) is 0 Å². The van der Waals surface area contributed by atoms with Crippen LogP contribution in [-0.4, -0.2) is 25.9 Å². The summed E-state index contributed by atoms with van der Waals surface area (Å²) < 4.78 is 83.1. The van der Waals surface area contributed by atoms with Crippen molar-refractivity contribution in [3.63, 3.8) is 0 Å². The van der Waals surface area contributed by atoms with E-state index in [1.54, 1.807) is 42.5 Å². The van der Waals surface area contributed by atoms with E-state index in [9.17, 15) is 25.9 Å². The molecular weight excluding hydrogens is 648 g/mol. The average molecular weight is 670 g/mol. The minimum atomic E-state index is -4.86. The number of hydrogen-bond acceptors (Lipinski definition) is 8. The van der Waals surface area contributed by atoms with Crippen molar-refractivity contribution >= 4 is 87.1 Å². The quantitative estimate of drug-likeness (QED) is 0.109. The van der Waals surface area contributed by atoms with Crippen LogP contribution in [0.15, 0.2) is 99.6 Å². The van der Waals surface area contributed by atoms with Gasteiger partial charge in [0.25, 0.3) is 10.9 Å². The molecule has 44 heavy (non-hydrogen) atoms. The number of fused-ring (bicyclic) bond motifs is 5. The molecule has 14 heteroatoms. The summed E-state index contributed by atoms with van der Waals surface area (Å²) in [5, 5.41) is 1.74. The van der Waals surface area contributed by atoms with E-state index in [0.717, 1.165) is 20.4 Å². The Bertz CT molecular complexity index is 2390. The third-order valence-electron chi connectivity index (χ3n) is 6.79. The maximum absolute atomic E-state index is 12.6. The number of thiazole rings is 1. The van der Waals surface area contributed by atoms with Gasteiger partial charge in [-0.05, 0) is 48.6 Å². The smallest absolute Gasteiger partial charge is 0.326 e. The molecule has 0 bridgehead atoms. The molecule has 0 aliphatic carbocycles. The van der Waals surface area contributed by atoms with Crippen LogP contribution in [0.5, 0.6) is 5.75 Å². The second kappa shape index (κ2) is 11.1. The molecule has 0 radical (unpaired) electrons. The van der Waals surface area contributed by atoms with Crippen LogP contribution >= 0.6 is 22.9 Å². The monoisotopic (exact) mass is 669 g/mol. The standard InChI is InChI=1S/C30H21ClN2O8S3/c1-3-7-30(44(37,38)39)33-22-16-25-21(20-8-5-6-9-24(20)40-25)15-26(22)41-28(33)12-18(4-2)13-29-32(17-43(34,35)36)23-14-19(31)10-11-27(23)42-29/h5-6,8-16H,1,4,17H2,2H3,(H-,34,35,36,37,38,39)/p+1. The molecule has 0 amide bonds. The molecule has 2 aromatic heterocycles. The fraction of sp³-hybridized carbons (Fsp3) is 0.100. The lowest BCUT2D eigenvalue weighted by Crippen LogP contribution is -2.39. The van der Waals surface area contributed by atoms with E-state index in [2.05, 4.69) is 18.0 Å². The molecule has 5 aromatic rings. The number of benzene rings is 3. The topological polar surface area (TPSA) is 138 Å². The second-order valence-corrected chi connectivity index (χ2v) is 13.9. The zero-order valence-electron chi connectivity index (χ0n) is 22.8. The summed E-state index contributed by atoms with van der Waals surface area (Å²) >= 11 is 7.44. The van der Waals surface area contributed by atoms with Crippen LogP contribution in [0, 0.1) is 0 Å². The maximum atomic E-state index is 12.6. The predicted octanol–water partition coefficient (Wildman–Crippen LogP) is 6.79. The van der Waals surface area contributed by atoms with Crippen LogP contribution in [0.25, 0.3) is 38.2 Å². The molecule has 0 unspecified atom stereocenters. The highest BCUT2D eigenvalue weighted by molar-refractivity contribution is 7.90. The van der Waals surface area contributed by atoms with E-state index < -0.39 is 31.1 Å². The van der Waals surface area contributed by atoms with Crippen molar-refractivity contribution < 1.29 is 39.7 Å². The lowest BCUT2D eigenvalue weighted by Gasteiger charge is -2.18. The lowest BCUT2D eigenvalue weighted by molar-refractivity contribution is -0.649. The zero-order valence-corrected chi connectivity index (χ0v) is 26.0. The van der Waals surface area contributed by atoms with Gasteiger partial charge in [0.1, 0.15) is 15.9 Å². The molecule has 1 aliphatic rings. The second-order valence-electron chi connectivity index (χ2n) is 9.68. The number of nitrogens with zero attached hydrogens (tertiary/aromatic N) is 2. The van der Waals surface area contributed by atoms with Crippen molar-refractivity contribution in [1.29, 1.82) is 0 Å². The lowest BCUT2D eigenvalue weighted by atomic mass is 10.1. The summed E-state index contributed by atoms with van der Waals surface area (Å²) in [6.07, 6.45) is 3.65. The van der Waals surface area contributed by atoms with E-state index >= 15 is 0 Å². The summed E-state index contributed by atoms with van der Waals surface area (Å²) in [6.45, 7) is 5.26. The van der Waals surface area contributed by atoms with Gasteiger partial charge in [-0.15, -0.1) is 0 Å². The molecule has 0 saturated heterocycles. The van der Waals surface area contributed by atoms with Gasteiger partial charge in [-0.3, -0.25) is 14.0 Å². The number of allylic oxidation sites excluding steroid dienone is 2. The SMILES string of the molecule is C=C=C=C(N1C(=CC(=Cc2sc3ccc(Cl)cc3[n+]2CS(=O)(=O)O)CC)Oc2cc3c(cc21)oc1ccccc13)S(=O)(=O)O. The summed E-state index contributed by atoms with van der Waals surface area (Å²) in [5.74, 6) is -0.422. The molecule has 1 aliphatic heterocycles. The van der Waals surface area contributed by atoms with Gasteiger partial charge in [0.15, 0.2) is 5.75 Å². The van der Waals surface area contributed by atoms with Gasteiger partial charge >= 0.3 is 20.2 Å². The molecule has 10 nitrogen and oxygen atoms in total. The molecule has 2 N–H and O–H groups in total. The van der Waals surface area contributed by atoms with Crippen LogP contribution in [0.2, 0.25) is 5.02 Å². The number of anilines is 1. The maximum Gasteiger partial charge on any atom is 0.326 e. The van der Waals surface area contributed by atoms with E-state index in [-0.39, 0.29) is 17.3 Å². The molecule has 3 aromatic carbocycles. The number of furan rings is 1. The zero-order chi connectivity index (χ0) is 31.4. The van der Waals surface area contributed by atoms with E-state index in [1.165, 1.54) is 15.9 Å². The first kappa shape index (κ1) is 29.9. The minimum Gasteiger partial charge on any atom is -0.456 e. The van der Waals surface area contributed by atoms with Gasteiger partial charge in [0, 0.05) is 40.1 Å². The Labute approximate surface area is 260 Å². The number of hydrogen-bond donors (Lipinski definition) is 2. The van der Waals surface area contributed by atoms with E-state index in [0.29, 0.717) is 38.7 Å². The highest BCUT2D eigenvalue weighted by Gasteiger charge is 2.36. The summed E-state index contributed by atoms with van der Waals surface area (Å²) in [5.41, 5.74) is 7.09. The van der Waals surface area contributed by atoms with Gasteiger partial charge in [-0.25, -0.2) is 0 Å². The fourth-order valence-electron chi connectivity index (χ4n) is 4.93. The number of rotatable bonds is 7. The van der Waals surface area contributed by atoms with E-state index in [4.69, 9.17) is 20.8 Å². The number of aromatic nitrogens is 1. The Morgan fingerprint density at radius 1 is 1.09 bits per heavy atom. The third-order valence-corrected chi connectivity index (χ3v) is 9.49. The number of halogens is 1. The first-order chi connectivity index (χ1) is 20.9. The van der Waals surface area contributed by atoms with Gasteiger partial charge < -0.3 is 9.15 Å². The predicted molar refractivity (Wildman–Crippen MR) is 169 cm³/mol.